The monoisotopic (exact) mass is 382 g/mol. The van der Waals surface area contributed by atoms with E-state index in [1.807, 2.05) is 0 Å². The fraction of sp³-hybridized carbons (Fsp3) is 0. The van der Waals surface area contributed by atoms with Crippen LogP contribution in [-0.4, -0.2) is 4.92 Å². The number of nitro benzene ring substituents is 1. The zero-order valence-corrected chi connectivity index (χ0v) is 13.8. The van der Waals surface area contributed by atoms with Crippen LogP contribution >= 0.6 is 46.4 Å². The molecule has 0 fully saturated rings. The van der Waals surface area contributed by atoms with Crippen molar-refractivity contribution in [3.63, 3.8) is 0 Å². The lowest BCUT2D eigenvalue weighted by Crippen LogP contribution is -1.96. The standard InChI is InChI=1S/C6H4Cl2N2O2.C6H6Cl2N2/c7-3-1-2-4(10(11)12)6(9)5(3)8;7-3-1-2-4(9)6(10)5(3)8/h1-2H,9H2;1-2H,9-10H2. The summed E-state index contributed by atoms with van der Waals surface area (Å²) in [4.78, 5) is 9.70. The van der Waals surface area contributed by atoms with Gasteiger partial charge in [-0.15, -0.1) is 0 Å². The third kappa shape index (κ3) is 4.20. The van der Waals surface area contributed by atoms with Crippen molar-refractivity contribution in [3.05, 3.63) is 54.5 Å². The molecule has 118 valence electrons. The molecule has 0 bridgehead atoms. The van der Waals surface area contributed by atoms with Crippen molar-refractivity contribution in [2.24, 2.45) is 0 Å². The van der Waals surface area contributed by atoms with Crippen LogP contribution in [-0.2, 0) is 0 Å². The van der Waals surface area contributed by atoms with Crippen molar-refractivity contribution in [2.45, 2.75) is 0 Å². The molecule has 0 amide bonds. The van der Waals surface area contributed by atoms with Gasteiger partial charge in [0.15, 0.2) is 0 Å². The van der Waals surface area contributed by atoms with E-state index in [-0.39, 0.29) is 21.4 Å². The summed E-state index contributed by atoms with van der Waals surface area (Å²) in [6, 6.07) is 5.76. The van der Waals surface area contributed by atoms with E-state index >= 15 is 0 Å². The van der Waals surface area contributed by atoms with Gasteiger partial charge in [-0.2, -0.15) is 0 Å². The van der Waals surface area contributed by atoms with Crippen molar-refractivity contribution < 1.29 is 4.92 Å². The van der Waals surface area contributed by atoms with Crippen LogP contribution in [0.3, 0.4) is 0 Å². The Morgan fingerprint density at radius 2 is 1.27 bits per heavy atom. The molecule has 0 unspecified atom stereocenters. The molecule has 0 aliphatic rings. The highest BCUT2D eigenvalue weighted by Gasteiger charge is 2.15. The zero-order valence-electron chi connectivity index (χ0n) is 10.8. The van der Waals surface area contributed by atoms with E-state index in [0.29, 0.717) is 21.4 Å². The van der Waals surface area contributed by atoms with Crippen molar-refractivity contribution in [3.8, 4) is 0 Å². The van der Waals surface area contributed by atoms with Crippen LogP contribution in [0, 0.1) is 10.1 Å². The Morgan fingerprint density at radius 3 is 1.73 bits per heavy atom. The maximum atomic E-state index is 10.3. The Balaban J connectivity index is 0.000000224. The van der Waals surface area contributed by atoms with Gasteiger partial charge in [-0.05, 0) is 18.2 Å². The van der Waals surface area contributed by atoms with Crippen molar-refractivity contribution in [1.82, 2.24) is 0 Å². The Bertz CT molecular complexity index is 698. The summed E-state index contributed by atoms with van der Waals surface area (Å²) in [5.74, 6) is 0. The molecule has 0 atom stereocenters. The van der Waals surface area contributed by atoms with Crippen LogP contribution in [0.25, 0.3) is 0 Å². The first-order chi connectivity index (χ1) is 10.2. The number of benzene rings is 2. The van der Waals surface area contributed by atoms with Gasteiger partial charge in [-0.25, -0.2) is 0 Å². The van der Waals surface area contributed by atoms with Gasteiger partial charge < -0.3 is 17.2 Å². The van der Waals surface area contributed by atoms with E-state index in [9.17, 15) is 10.1 Å². The maximum Gasteiger partial charge on any atom is 0.293 e. The number of nitrogens with zero attached hydrogens (tertiary/aromatic N) is 1. The highest BCUT2D eigenvalue weighted by atomic mass is 35.5. The van der Waals surface area contributed by atoms with Gasteiger partial charge in [0.1, 0.15) is 5.69 Å². The van der Waals surface area contributed by atoms with Crippen molar-refractivity contribution in [2.75, 3.05) is 17.2 Å². The van der Waals surface area contributed by atoms with Crippen LogP contribution in [0.5, 0.6) is 0 Å². The van der Waals surface area contributed by atoms with Gasteiger partial charge in [-0.3, -0.25) is 10.1 Å². The molecular formula is C12H10Cl4N4O2. The molecule has 0 aliphatic heterocycles. The topological polar surface area (TPSA) is 121 Å². The summed E-state index contributed by atoms with van der Waals surface area (Å²) in [5, 5.41) is 11.3. The second kappa shape index (κ2) is 7.60. The third-order valence-corrected chi connectivity index (χ3v) is 4.11. The SMILES string of the molecule is Nc1c([N+](=O)[O-])ccc(Cl)c1Cl.Nc1ccc(Cl)c(Cl)c1N. The number of hydrogen-bond donors (Lipinski definition) is 3. The minimum atomic E-state index is -0.614. The molecule has 0 radical (unpaired) electrons. The molecule has 0 saturated carbocycles. The van der Waals surface area contributed by atoms with Gasteiger partial charge in [-0.1, -0.05) is 46.4 Å². The summed E-state index contributed by atoms with van der Waals surface area (Å²) >= 11 is 22.4. The van der Waals surface area contributed by atoms with E-state index in [2.05, 4.69) is 0 Å². The molecule has 22 heavy (non-hydrogen) atoms. The Kier molecular flexibility index (Phi) is 6.37. The first-order valence-corrected chi connectivity index (χ1v) is 7.04. The zero-order chi connectivity index (χ0) is 17.0. The molecule has 0 spiro atoms. The molecule has 10 heteroatoms. The lowest BCUT2D eigenvalue weighted by Gasteiger charge is -2.02. The highest BCUT2D eigenvalue weighted by Crippen LogP contribution is 2.34. The van der Waals surface area contributed by atoms with E-state index in [4.69, 9.17) is 63.6 Å². The second-order valence-electron chi connectivity index (χ2n) is 3.92. The van der Waals surface area contributed by atoms with Crippen LogP contribution in [0.1, 0.15) is 0 Å². The number of rotatable bonds is 1. The fourth-order valence-corrected chi connectivity index (χ4v) is 1.96. The van der Waals surface area contributed by atoms with E-state index < -0.39 is 4.92 Å². The fourth-order valence-electron chi connectivity index (χ4n) is 1.30. The number of nitro groups is 1. The summed E-state index contributed by atoms with van der Waals surface area (Å²) in [6.07, 6.45) is 0. The normalized spacial score (nSPS) is 9.82. The molecule has 2 aromatic rings. The number of anilines is 3. The molecular weight excluding hydrogens is 374 g/mol. The van der Waals surface area contributed by atoms with Crippen LogP contribution in [0.2, 0.25) is 20.1 Å². The molecule has 2 aromatic carbocycles. The van der Waals surface area contributed by atoms with Gasteiger partial charge in [0.25, 0.3) is 5.69 Å². The Labute approximate surface area is 145 Å². The van der Waals surface area contributed by atoms with Crippen molar-refractivity contribution in [1.29, 1.82) is 0 Å². The van der Waals surface area contributed by atoms with Crippen LogP contribution in [0.15, 0.2) is 24.3 Å². The minimum absolute atomic E-state index is 0.0193. The van der Waals surface area contributed by atoms with E-state index in [1.54, 1.807) is 12.1 Å². The lowest BCUT2D eigenvalue weighted by molar-refractivity contribution is -0.383. The van der Waals surface area contributed by atoms with E-state index in [0.717, 1.165) is 0 Å². The highest BCUT2D eigenvalue weighted by molar-refractivity contribution is 6.44. The van der Waals surface area contributed by atoms with Crippen LogP contribution < -0.4 is 17.2 Å². The van der Waals surface area contributed by atoms with Gasteiger partial charge >= 0.3 is 0 Å². The molecule has 0 aliphatic carbocycles. The second-order valence-corrected chi connectivity index (χ2v) is 5.49. The maximum absolute atomic E-state index is 10.3. The minimum Gasteiger partial charge on any atom is -0.397 e. The number of halogens is 4. The summed E-state index contributed by atoms with van der Waals surface area (Å²) in [5.41, 5.74) is 16.6. The average Bonchev–Trinajstić information content (AvgIpc) is 2.47. The third-order valence-electron chi connectivity index (χ3n) is 2.47. The molecule has 0 aromatic heterocycles. The number of nitrogen functional groups attached to an aromatic ring is 3. The molecule has 6 nitrogen and oxygen atoms in total. The molecule has 0 saturated heterocycles. The first-order valence-electron chi connectivity index (χ1n) is 5.53. The van der Waals surface area contributed by atoms with Crippen LogP contribution in [0.4, 0.5) is 22.7 Å². The van der Waals surface area contributed by atoms with Gasteiger partial charge in [0.05, 0.1) is 36.4 Å². The summed E-state index contributed by atoms with van der Waals surface area (Å²) in [7, 11) is 0. The lowest BCUT2D eigenvalue weighted by atomic mass is 10.3. The molecule has 6 N–H and O–H groups in total. The average molecular weight is 384 g/mol. The smallest absolute Gasteiger partial charge is 0.293 e. The molecule has 2 rings (SSSR count). The summed E-state index contributed by atoms with van der Waals surface area (Å²) in [6.45, 7) is 0. The van der Waals surface area contributed by atoms with Gasteiger partial charge in [0, 0.05) is 6.07 Å². The Hall–Kier alpha value is -1.60. The largest absolute Gasteiger partial charge is 0.397 e. The van der Waals surface area contributed by atoms with E-state index in [1.165, 1.54) is 12.1 Å². The first kappa shape index (κ1) is 18.4. The predicted octanol–water partition coefficient (Wildman–Crippen LogP) is 4.64. The predicted molar refractivity (Wildman–Crippen MR) is 92.8 cm³/mol. The number of nitrogens with two attached hydrogens (primary N) is 3. The van der Waals surface area contributed by atoms with Gasteiger partial charge in [0.2, 0.25) is 0 Å². The Morgan fingerprint density at radius 1 is 0.818 bits per heavy atom. The van der Waals surface area contributed by atoms with Crippen molar-refractivity contribution >= 4 is 69.2 Å². The summed E-state index contributed by atoms with van der Waals surface area (Å²) < 4.78 is 0. The quantitative estimate of drug-likeness (QED) is 0.376. The number of hydrogen-bond acceptors (Lipinski definition) is 5. The molecule has 0 heterocycles.